The first kappa shape index (κ1) is 81.7. The topological polar surface area (TPSA) is 116 Å². The van der Waals surface area contributed by atoms with Gasteiger partial charge in [0.1, 0.15) is 0 Å². The summed E-state index contributed by atoms with van der Waals surface area (Å²) >= 11 is 0. The Morgan fingerprint density at radius 2 is 0.358 bits per heavy atom. The van der Waals surface area contributed by atoms with Gasteiger partial charge in [-0.3, -0.25) is 0 Å². The van der Waals surface area contributed by atoms with Gasteiger partial charge in [0.15, 0.2) is 52.4 Å². The first-order valence-electron chi connectivity index (χ1n) is 47.1. The minimum atomic E-state index is -0.0962. The average molecular weight is 1750 g/mol. The van der Waals surface area contributed by atoms with Crippen molar-refractivity contribution in [1.29, 1.82) is 0 Å². The molecule has 3 aromatic heterocycles. The predicted octanol–water partition coefficient (Wildman–Crippen LogP) is 32.2. The molecule has 1 spiro atoms. The third-order valence-corrected chi connectivity index (χ3v) is 29.2. The van der Waals surface area contributed by atoms with Crippen molar-refractivity contribution >= 4 is 118 Å². The van der Waals surface area contributed by atoms with Gasteiger partial charge in [0, 0.05) is 55.5 Å². The van der Waals surface area contributed by atoms with Gasteiger partial charge in [0.2, 0.25) is 0 Å². The van der Waals surface area contributed by atoms with Gasteiger partial charge in [-0.15, -0.1) is 0 Å². The van der Waals surface area contributed by atoms with Crippen LogP contribution in [-0.2, 0) is 18.3 Å². The van der Waals surface area contributed by atoms with Crippen molar-refractivity contribution in [2.24, 2.45) is 0 Å². The molecule has 137 heavy (non-hydrogen) atoms. The van der Waals surface area contributed by atoms with E-state index >= 15 is 0 Å². The number of nitrogens with zero attached hydrogens (tertiary/aromatic N) is 9. The standard InChI is InChI=1S/C45H33N3.C44H29N3.C39H27N3/c1-26-28(3)41-24-33(19-21-39(41)37-15-9-7-13-35(26)37)44-46-43(32-18-17-30-11-5-6-12-31(30)23-32)47-45(48-44)34-20-22-40-38-16-10-8-14-36(38)27(2)29(4)42(40)25-34;1-3-11-30-23-32(19-17-28(30)9-1)41-45-42(33-20-18-29-10-2-4-12-31(29)24-33)47-43(46-41)34-21-22-38-37-15-7-8-16-39(37)44(40(38)25-34)26-35-13-5-6-14-36(35)27-44;1-24-25(2)36-23-32(19-20-35(36)34-14-8-7-13-33(24)34)39-41-37(30-17-15-26-9-3-5-11-28(26)21-30)40-38(42-39)31-18-16-27-10-4-6-12-29(27)22-31/h5-25H,1-4H3;1-25H,26-27H2;3-23H,1-2H3. The van der Waals surface area contributed by atoms with E-state index in [1.165, 1.54) is 158 Å². The van der Waals surface area contributed by atoms with Crippen LogP contribution in [0.4, 0.5) is 0 Å². The van der Waals surface area contributed by atoms with Gasteiger partial charge in [-0.25, -0.2) is 44.9 Å². The van der Waals surface area contributed by atoms with Crippen LogP contribution < -0.4 is 0 Å². The van der Waals surface area contributed by atoms with Crippen LogP contribution in [-0.4, -0.2) is 44.9 Å². The summed E-state index contributed by atoms with van der Waals surface area (Å²) in [5, 5.41) is 26.9. The molecule has 0 amide bonds. The zero-order chi connectivity index (χ0) is 91.7. The largest absolute Gasteiger partial charge is 0.208 e. The van der Waals surface area contributed by atoms with Crippen LogP contribution in [0.3, 0.4) is 0 Å². The molecule has 646 valence electrons. The molecule has 0 N–H and O–H groups in total. The third-order valence-electron chi connectivity index (χ3n) is 29.2. The fourth-order valence-electron chi connectivity index (χ4n) is 21.6. The van der Waals surface area contributed by atoms with Crippen LogP contribution in [0.2, 0.25) is 0 Å². The second-order valence-electron chi connectivity index (χ2n) is 36.9. The second kappa shape index (κ2) is 33.2. The number of hydrogen-bond acceptors (Lipinski definition) is 9. The van der Waals surface area contributed by atoms with E-state index in [0.29, 0.717) is 52.4 Å². The maximum absolute atomic E-state index is 5.18. The molecular formula is C128H89N9. The van der Waals surface area contributed by atoms with E-state index in [2.05, 4.69) is 448 Å². The Kier molecular flexibility index (Phi) is 19.8. The van der Waals surface area contributed by atoms with E-state index in [1.54, 1.807) is 0 Å². The van der Waals surface area contributed by atoms with Crippen LogP contribution in [0.1, 0.15) is 55.6 Å². The summed E-state index contributed by atoms with van der Waals surface area (Å²) in [6.07, 6.45) is 2.00. The van der Waals surface area contributed by atoms with Crippen molar-refractivity contribution < 1.29 is 0 Å². The van der Waals surface area contributed by atoms with E-state index in [9.17, 15) is 0 Å². The van der Waals surface area contributed by atoms with Gasteiger partial charge < -0.3 is 0 Å². The molecule has 22 aromatic carbocycles. The molecule has 0 unspecified atom stereocenters. The zero-order valence-corrected chi connectivity index (χ0v) is 76.6. The average Bonchev–Trinajstić information content (AvgIpc) is 1.53. The highest BCUT2D eigenvalue weighted by Crippen LogP contribution is 2.56. The normalized spacial score (nSPS) is 12.5. The van der Waals surface area contributed by atoms with Crippen LogP contribution in [0.15, 0.2) is 406 Å². The quantitative estimate of drug-likeness (QED) is 0.130. The van der Waals surface area contributed by atoms with Gasteiger partial charge in [0.25, 0.3) is 0 Å². The molecule has 0 bridgehead atoms. The molecule has 2 aliphatic carbocycles. The molecule has 27 rings (SSSR count). The minimum Gasteiger partial charge on any atom is -0.208 e. The molecule has 9 nitrogen and oxygen atoms in total. The highest BCUT2D eigenvalue weighted by molar-refractivity contribution is 6.14. The Labute approximate surface area is 793 Å². The van der Waals surface area contributed by atoms with E-state index in [1.807, 2.05) is 0 Å². The molecule has 0 aliphatic heterocycles. The van der Waals surface area contributed by atoms with Gasteiger partial charge in [-0.1, -0.05) is 352 Å². The number of aryl methyl sites for hydroxylation is 6. The number of hydrogen-bond donors (Lipinski definition) is 0. The molecule has 0 atom stereocenters. The van der Waals surface area contributed by atoms with Crippen molar-refractivity contribution in [3.05, 3.63) is 462 Å². The maximum Gasteiger partial charge on any atom is 0.164 e. The lowest BCUT2D eigenvalue weighted by atomic mass is 9.75. The van der Waals surface area contributed by atoms with Crippen LogP contribution in [0.25, 0.3) is 232 Å². The van der Waals surface area contributed by atoms with Gasteiger partial charge in [-0.2, -0.15) is 0 Å². The molecular weight excluding hydrogens is 1660 g/mol. The second-order valence-corrected chi connectivity index (χ2v) is 36.9. The van der Waals surface area contributed by atoms with E-state index in [0.717, 1.165) is 89.8 Å². The third kappa shape index (κ3) is 14.4. The van der Waals surface area contributed by atoms with Crippen molar-refractivity contribution in [3.63, 3.8) is 0 Å². The summed E-state index contributed by atoms with van der Waals surface area (Å²) in [5.41, 5.74) is 24.8. The lowest BCUT2D eigenvalue weighted by Gasteiger charge is -2.27. The van der Waals surface area contributed by atoms with Gasteiger partial charge in [0.05, 0.1) is 0 Å². The summed E-state index contributed by atoms with van der Waals surface area (Å²) in [6.45, 7) is 13.3. The van der Waals surface area contributed by atoms with Crippen LogP contribution >= 0.6 is 0 Å². The van der Waals surface area contributed by atoms with Gasteiger partial charge >= 0.3 is 0 Å². The first-order chi connectivity index (χ1) is 67.3. The SMILES string of the molecule is Cc1c(C)c2cc(-c3nc(-c4ccc5ccccc5c4)nc(-c4ccc5c(c4)c(C)c(C)c4ccccc45)n3)ccc2c2ccccc12.Cc1c(C)c2cc(-c3nc(-c4ccc5ccccc5c4)nc(-c4ccc5ccccc5c4)n3)ccc2c2ccccc12.c1ccc2c(c1)CC1(C2)c2ccccc2-c2ccc(-c3nc(-c4ccc5ccccc5c4)nc(-c4ccc5ccccc5c4)n3)cc21. The number of fused-ring (bicyclic) bond motifs is 20. The fourth-order valence-corrected chi connectivity index (χ4v) is 21.6. The summed E-state index contributed by atoms with van der Waals surface area (Å²) in [6, 6.07) is 145. The fraction of sp³-hybridized carbons (Fsp3) is 0.0703. The van der Waals surface area contributed by atoms with E-state index in [-0.39, 0.29) is 5.41 Å². The molecule has 0 saturated heterocycles. The first-order valence-corrected chi connectivity index (χ1v) is 47.1. The zero-order valence-electron chi connectivity index (χ0n) is 76.6. The Bertz CT molecular complexity index is 8990. The number of benzene rings is 22. The Hall–Kier alpha value is -17.3. The molecule has 0 fully saturated rings. The molecule has 0 radical (unpaired) electrons. The summed E-state index contributed by atoms with van der Waals surface area (Å²) in [5.74, 6) is 6.05. The summed E-state index contributed by atoms with van der Waals surface area (Å²) in [4.78, 5) is 46.1. The van der Waals surface area contributed by atoms with E-state index in [4.69, 9.17) is 44.9 Å². The van der Waals surface area contributed by atoms with Crippen molar-refractivity contribution in [1.82, 2.24) is 44.9 Å². The molecule has 3 heterocycles. The molecule has 0 saturated carbocycles. The number of aromatic nitrogens is 9. The Morgan fingerprint density at radius 1 is 0.153 bits per heavy atom. The van der Waals surface area contributed by atoms with Crippen LogP contribution in [0.5, 0.6) is 0 Å². The van der Waals surface area contributed by atoms with Crippen molar-refractivity contribution in [2.45, 2.75) is 59.8 Å². The smallest absolute Gasteiger partial charge is 0.164 e. The summed E-state index contributed by atoms with van der Waals surface area (Å²) in [7, 11) is 0. The molecule has 25 aromatic rings. The van der Waals surface area contributed by atoms with E-state index < -0.39 is 0 Å². The molecule has 9 heteroatoms. The van der Waals surface area contributed by atoms with Crippen molar-refractivity contribution in [3.8, 4) is 114 Å². The number of rotatable bonds is 9. The lowest BCUT2D eigenvalue weighted by molar-refractivity contribution is 0.564. The predicted molar refractivity (Wildman–Crippen MR) is 569 cm³/mol. The Morgan fingerprint density at radius 3 is 0.657 bits per heavy atom. The lowest BCUT2D eigenvalue weighted by Crippen LogP contribution is -2.25. The summed E-state index contributed by atoms with van der Waals surface area (Å²) < 4.78 is 0. The molecule has 2 aliphatic rings. The van der Waals surface area contributed by atoms with Crippen LogP contribution in [0, 0.1) is 41.5 Å². The monoisotopic (exact) mass is 1750 g/mol. The Balaban J connectivity index is 0.000000109. The highest BCUT2D eigenvalue weighted by atomic mass is 15.1. The highest BCUT2D eigenvalue weighted by Gasteiger charge is 2.47. The maximum atomic E-state index is 5.18. The van der Waals surface area contributed by atoms with Crippen molar-refractivity contribution in [2.75, 3.05) is 0 Å². The minimum absolute atomic E-state index is 0.0962. The van der Waals surface area contributed by atoms with Gasteiger partial charge in [-0.05, 0) is 294 Å².